The van der Waals surface area contributed by atoms with E-state index in [0.717, 1.165) is 21.3 Å². The van der Waals surface area contributed by atoms with E-state index in [-0.39, 0.29) is 17.2 Å². The molecule has 0 bridgehead atoms. The van der Waals surface area contributed by atoms with Gasteiger partial charge in [0.25, 0.3) is 11.5 Å². The smallest absolute Gasteiger partial charge is 0.266 e. The van der Waals surface area contributed by atoms with Crippen LogP contribution in [0.4, 0.5) is 0 Å². The van der Waals surface area contributed by atoms with Gasteiger partial charge in [0.2, 0.25) is 0 Å². The van der Waals surface area contributed by atoms with Crippen LogP contribution in [0.1, 0.15) is 11.1 Å². The van der Waals surface area contributed by atoms with Crippen LogP contribution in [-0.2, 0) is 11.4 Å². The second-order valence-electron chi connectivity index (χ2n) is 8.45. The fraction of sp³-hybridized carbons (Fsp3) is 0.0667. The largest absolute Gasteiger partial charge is 0.489 e. The molecule has 0 fully saturated rings. The molecule has 0 saturated heterocycles. The summed E-state index contributed by atoms with van der Waals surface area (Å²) in [7, 11) is 0. The molecule has 1 aromatic heterocycles. The van der Waals surface area contributed by atoms with E-state index >= 15 is 0 Å². The molecule has 0 unspecified atom stereocenters. The highest BCUT2D eigenvalue weighted by atomic mass is 79.9. The van der Waals surface area contributed by atoms with Crippen LogP contribution in [0.3, 0.4) is 0 Å². The van der Waals surface area contributed by atoms with Crippen LogP contribution in [0.25, 0.3) is 16.6 Å². The molecule has 1 heterocycles. The molecule has 0 saturated carbocycles. The number of hydrazone groups is 1. The molecule has 4 aromatic carbocycles. The van der Waals surface area contributed by atoms with Crippen LogP contribution in [0.15, 0.2) is 123 Å². The Morgan fingerprint density at radius 2 is 1.67 bits per heavy atom. The van der Waals surface area contributed by atoms with Gasteiger partial charge in [-0.1, -0.05) is 70.2 Å². The molecule has 39 heavy (non-hydrogen) atoms. The van der Waals surface area contributed by atoms with Gasteiger partial charge in [-0.05, 0) is 71.8 Å². The van der Waals surface area contributed by atoms with Crippen molar-refractivity contribution in [2.24, 2.45) is 5.10 Å². The molecule has 1 N–H and O–H groups in total. The first kappa shape index (κ1) is 26.4. The van der Waals surface area contributed by atoms with Crippen molar-refractivity contribution in [3.8, 4) is 11.4 Å². The van der Waals surface area contributed by atoms with E-state index in [1.807, 2.05) is 84.9 Å². The summed E-state index contributed by atoms with van der Waals surface area (Å²) < 4.78 is 8.22. The lowest BCUT2D eigenvalue weighted by atomic mass is 10.2. The Balaban J connectivity index is 1.22. The number of para-hydroxylation sites is 1. The van der Waals surface area contributed by atoms with E-state index in [2.05, 4.69) is 31.4 Å². The number of nitrogens with zero attached hydrogens (tertiary/aromatic N) is 3. The van der Waals surface area contributed by atoms with Crippen molar-refractivity contribution >= 4 is 50.7 Å². The van der Waals surface area contributed by atoms with Crippen LogP contribution >= 0.6 is 27.7 Å². The van der Waals surface area contributed by atoms with Crippen molar-refractivity contribution in [2.75, 3.05) is 5.75 Å². The third kappa shape index (κ3) is 6.81. The Bertz CT molecular complexity index is 1670. The second kappa shape index (κ2) is 12.6. The minimum Gasteiger partial charge on any atom is -0.489 e. The molecule has 0 atom stereocenters. The van der Waals surface area contributed by atoms with Crippen molar-refractivity contribution in [3.63, 3.8) is 0 Å². The number of amides is 1. The van der Waals surface area contributed by atoms with Crippen molar-refractivity contribution in [2.45, 2.75) is 11.8 Å². The number of aromatic nitrogens is 2. The van der Waals surface area contributed by atoms with E-state index < -0.39 is 0 Å². The zero-order valence-electron chi connectivity index (χ0n) is 20.7. The van der Waals surface area contributed by atoms with E-state index in [1.165, 1.54) is 16.3 Å². The number of carbonyl (C=O) groups excluding carboxylic acids is 1. The van der Waals surface area contributed by atoms with Crippen LogP contribution in [0.2, 0.25) is 0 Å². The normalized spacial score (nSPS) is 11.1. The predicted octanol–water partition coefficient (Wildman–Crippen LogP) is 5.97. The summed E-state index contributed by atoms with van der Waals surface area (Å²) in [4.78, 5) is 30.5. The fourth-order valence-corrected chi connectivity index (χ4v) is 4.83. The van der Waals surface area contributed by atoms with Crippen LogP contribution < -0.4 is 15.7 Å². The zero-order valence-corrected chi connectivity index (χ0v) is 23.1. The van der Waals surface area contributed by atoms with Crippen molar-refractivity contribution in [1.29, 1.82) is 0 Å². The van der Waals surface area contributed by atoms with Gasteiger partial charge in [0.1, 0.15) is 12.4 Å². The summed E-state index contributed by atoms with van der Waals surface area (Å²) in [5, 5.41) is 4.99. The monoisotopic (exact) mass is 598 g/mol. The highest BCUT2D eigenvalue weighted by Gasteiger charge is 2.14. The number of halogens is 1. The topological polar surface area (TPSA) is 85.6 Å². The lowest BCUT2D eigenvalue weighted by molar-refractivity contribution is -0.118. The van der Waals surface area contributed by atoms with Crippen LogP contribution in [0.5, 0.6) is 5.75 Å². The van der Waals surface area contributed by atoms with Gasteiger partial charge in [0.05, 0.1) is 28.6 Å². The summed E-state index contributed by atoms with van der Waals surface area (Å²) in [6.07, 6.45) is 1.57. The number of benzene rings is 4. The summed E-state index contributed by atoms with van der Waals surface area (Å²) in [6.45, 7) is 0.490. The Hall–Kier alpha value is -4.21. The molecule has 1 amide bonds. The third-order valence-electron chi connectivity index (χ3n) is 5.69. The van der Waals surface area contributed by atoms with Gasteiger partial charge in [0, 0.05) is 4.47 Å². The third-order valence-corrected chi connectivity index (χ3v) is 7.16. The standard InChI is InChI=1S/C30H23BrN4O3S/c31-23-12-14-24(15-13-23)35-29(37)26-8-4-5-9-27(26)33-30(35)39-20-28(36)34-32-18-21-10-16-25(17-11-21)38-19-22-6-2-1-3-7-22/h1-18H,19-20H2,(H,34,36). The first-order valence-electron chi connectivity index (χ1n) is 12.1. The van der Waals surface area contributed by atoms with Gasteiger partial charge in [-0.25, -0.2) is 10.4 Å². The number of hydrogen-bond acceptors (Lipinski definition) is 6. The maximum Gasteiger partial charge on any atom is 0.266 e. The zero-order chi connectivity index (χ0) is 27.0. The van der Waals surface area contributed by atoms with E-state index in [4.69, 9.17) is 4.74 Å². The second-order valence-corrected chi connectivity index (χ2v) is 10.3. The molecule has 0 aliphatic carbocycles. The summed E-state index contributed by atoms with van der Waals surface area (Å²) >= 11 is 4.60. The number of thioether (sulfide) groups is 1. The highest BCUT2D eigenvalue weighted by molar-refractivity contribution is 9.10. The van der Waals surface area contributed by atoms with Crippen molar-refractivity contribution in [3.05, 3.63) is 129 Å². The van der Waals surface area contributed by atoms with E-state index in [1.54, 1.807) is 24.4 Å². The van der Waals surface area contributed by atoms with Crippen LogP contribution in [-0.4, -0.2) is 27.4 Å². The van der Waals surface area contributed by atoms with Gasteiger partial charge in [-0.3, -0.25) is 14.2 Å². The van der Waals surface area contributed by atoms with Gasteiger partial charge < -0.3 is 4.74 Å². The van der Waals surface area contributed by atoms with Gasteiger partial charge in [-0.2, -0.15) is 5.10 Å². The van der Waals surface area contributed by atoms with Crippen molar-refractivity contribution in [1.82, 2.24) is 15.0 Å². The summed E-state index contributed by atoms with van der Waals surface area (Å²) in [5.41, 5.74) is 5.50. The summed E-state index contributed by atoms with van der Waals surface area (Å²) in [5.74, 6) is 0.463. The Morgan fingerprint density at radius 3 is 2.44 bits per heavy atom. The lowest BCUT2D eigenvalue weighted by Gasteiger charge is -2.13. The predicted molar refractivity (Wildman–Crippen MR) is 159 cm³/mol. The average molecular weight is 600 g/mol. The fourth-order valence-electron chi connectivity index (χ4n) is 3.76. The van der Waals surface area contributed by atoms with E-state index in [0.29, 0.717) is 28.4 Å². The van der Waals surface area contributed by atoms with Crippen molar-refractivity contribution < 1.29 is 9.53 Å². The number of nitrogens with one attached hydrogen (secondary N) is 1. The van der Waals surface area contributed by atoms with Gasteiger partial charge in [0.15, 0.2) is 5.16 Å². The summed E-state index contributed by atoms with van der Waals surface area (Å²) in [6, 6.07) is 31.9. The molecular weight excluding hydrogens is 576 g/mol. The van der Waals surface area contributed by atoms with Gasteiger partial charge in [-0.15, -0.1) is 0 Å². The Morgan fingerprint density at radius 1 is 0.949 bits per heavy atom. The molecule has 7 nitrogen and oxygen atoms in total. The van der Waals surface area contributed by atoms with E-state index in [9.17, 15) is 9.59 Å². The number of carbonyl (C=O) groups is 1. The first-order chi connectivity index (χ1) is 19.1. The highest BCUT2D eigenvalue weighted by Crippen LogP contribution is 2.22. The molecule has 0 radical (unpaired) electrons. The maximum atomic E-state index is 13.3. The molecule has 9 heteroatoms. The molecule has 0 aliphatic heterocycles. The SMILES string of the molecule is O=C(CSc1nc2ccccc2c(=O)n1-c1ccc(Br)cc1)NN=Cc1ccc(OCc2ccccc2)cc1. The number of fused-ring (bicyclic) bond motifs is 1. The number of rotatable bonds is 9. The number of ether oxygens (including phenoxy) is 1. The molecule has 0 spiro atoms. The van der Waals surface area contributed by atoms with Gasteiger partial charge >= 0.3 is 0 Å². The first-order valence-corrected chi connectivity index (χ1v) is 13.8. The molecular formula is C30H23BrN4O3S. The lowest BCUT2D eigenvalue weighted by Crippen LogP contribution is -2.24. The molecule has 5 aromatic rings. The Kier molecular flexibility index (Phi) is 8.50. The molecule has 0 aliphatic rings. The quantitative estimate of drug-likeness (QED) is 0.0977. The van der Waals surface area contributed by atoms with Crippen LogP contribution in [0, 0.1) is 0 Å². The Labute approximate surface area is 237 Å². The molecule has 194 valence electrons. The minimum absolute atomic E-state index is 0.0327. The average Bonchev–Trinajstić information content (AvgIpc) is 2.97. The minimum atomic E-state index is -0.316. The number of hydrogen-bond donors (Lipinski definition) is 1. The molecule has 5 rings (SSSR count). The maximum absolute atomic E-state index is 13.3.